The van der Waals surface area contributed by atoms with E-state index in [-0.39, 0.29) is 22.8 Å². The smallest absolute Gasteiger partial charge is 0.295 e. The van der Waals surface area contributed by atoms with Gasteiger partial charge in [0.15, 0.2) is 22.5 Å². The lowest BCUT2D eigenvalue weighted by molar-refractivity contribution is -0.647. The van der Waals surface area contributed by atoms with E-state index in [9.17, 15) is 26.3 Å². The van der Waals surface area contributed by atoms with Crippen molar-refractivity contribution in [2.75, 3.05) is 0 Å². The molecule has 24 rings (SSSR count). The van der Waals surface area contributed by atoms with Crippen molar-refractivity contribution in [2.45, 2.75) is 27.7 Å². The van der Waals surface area contributed by atoms with E-state index in [1.54, 1.807) is 12.1 Å². The highest BCUT2D eigenvalue weighted by Gasteiger charge is 2.33. The first-order valence-electron chi connectivity index (χ1n) is 38.8. The van der Waals surface area contributed by atoms with E-state index in [0.717, 1.165) is 150 Å². The zero-order chi connectivity index (χ0) is 81.4. The van der Waals surface area contributed by atoms with Gasteiger partial charge in [0.2, 0.25) is 0 Å². The minimum Gasteiger partial charge on any atom is -0.456 e. The summed E-state index contributed by atoms with van der Waals surface area (Å²) in [6.07, 6.45) is 8.07. The molecule has 0 radical (unpaired) electrons. The standard InChI is InChI=1S/3C25H17F2N2O.C25H18FN2O/c1-14-12-19(27)22-18-10-9-15(26)13-21(18)30-24(22)23(14)29-20-8-4-3-6-16(20)17-7-5-11-28(2)25(17)29;1-14-9-10-18-22-19(27)12-15(26)13-21(22)30-24(18)23(14)29-20-8-4-3-6-16(20)17-7-5-11-28(2)25(17)29;1-14-10-18-22(30-23-12-15(26)11-19(27)24(18)23)13-21(14)29-20-8-4-3-6-16(20)17-7-5-9-28(2)25(17)29;1-15-12-20-18-10-9-16(26)13-23(18)29-24(20)14-22(15)28-21-8-4-3-6-17(21)19-7-5-11-27(2)25(19)28/h3*3-13H,1-2H3;3-14H,1-2H3/q4*+1. The van der Waals surface area contributed by atoms with Crippen LogP contribution in [-0.4, -0.2) is 18.3 Å². The first kappa shape index (κ1) is 71.9. The number of aryl methyl sites for hydroxylation is 8. The third-order valence-electron chi connectivity index (χ3n) is 23.3. The third kappa shape index (κ3) is 11.1. The largest absolute Gasteiger partial charge is 0.456 e. The minimum atomic E-state index is -0.652. The number of hydrogen-bond donors (Lipinski definition) is 0. The monoisotopic (exact) mass is 1580 g/mol. The molecular formula is C100H69F7N8O4+4. The normalized spacial score (nSPS) is 12.0. The topological polar surface area (TPSA) is 87.8 Å². The maximum absolute atomic E-state index is 15.1. The highest BCUT2D eigenvalue weighted by molar-refractivity contribution is 6.16. The van der Waals surface area contributed by atoms with E-state index < -0.39 is 29.1 Å². The van der Waals surface area contributed by atoms with Crippen LogP contribution in [0.15, 0.2) is 291 Å². The summed E-state index contributed by atoms with van der Waals surface area (Å²) in [7, 11) is 8.07. The molecule has 119 heavy (non-hydrogen) atoms. The molecule has 19 heteroatoms. The Morgan fingerprint density at radius 3 is 1.07 bits per heavy atom. The van der Waals surface area contributed by atoms with Gasteiger partial charge in [0.25, 0.3) is 22.6 Å². The van der Waals surface area contributed by atoms with Gasteiger partial charge in [0.05, 0.1) is 90.7 Å². The number of halogens is 7. The maximum atomic E-state index is 15.1. The molecule has 0 atom stereocenters. The van der Waals surface area contributed by atoms with Gasteiger partial charge in [-0.05, 0) is 184 Å². The summed E-state index contributed by atoms with van der Waals surface area (Å²) in [6, 6.07) is 76.1. The summed E-state index contributed by atoms with van der Waals surface area (Å²) < 4.78 is 140. The van der Waals surface area contributed by atoms with Crippen molar-refractivity contribution >= 4 is 175 Å². The van der Waals surface area contributed by atoms with Gasteiger partial charge in [-0.3, -0.25) is 0 Å². The highest BCUT2D eigenvalue weighted by Crippen LogP contribution is 2.45. The number of pyridine rings is 4. The molecule has 0 spiro atoms. The van der Waals surface area contributed by atoms with Crippen LogP contribution in [0.3, 0.4) is 0 Å². The second kappa shape index (κ2) is 27.1. The molecule has 12 nitrogen and oxygen atoms in total. The van der Waals surface area contributed by atoms with Gasteiger partial charge in [0.1, 0.15) is 108 Å². The van der Waals surface area contributed by atoms with E-state index >= 15 is 4.39 Å². The molecule has 578 valence electrons. The zero-order valence-electron chi connectivity index (χ0n) is 65.3. The van der Waals surface area contributed by atoms with E-state index in [1.165, 1.54) is 53.2 Å². The molecule has 0 fully saturated rings. The summed E-state index contributed by atoms with van der Waals surface area (Å²) in [5, 5.41) is 13.9. The van der Waals surface area contributed by atoms with E-state index in [1.807, 2.05) is 150 Å². The van der Waals surface area contributed by atoms with E-state index in [4.69, 9.17) is 17.7 Å². The van der Waals surface area contributed by atoms with Crippen LogP contribution >= 0.6 is 0 Å². The van der Waals surface area contributed by atoms with Crippen LogP contribution in [0.4, 0.5) is 30.7 Å². The summed E-state index contributed by atoms with van der Waals surface area (Å²) in [4.78, 5) is 0. The Morgan fingerprint density at radius 2 is 0.580 bits per heavy atom. The molecule has 0 unspecified atom stereocenters. The van der Waals surface area contributed by atoms with Crippen LogP contribution in [0.1, 0.15) is 22.3 Å². The van der Waals surface area contributed by atoms with Gasteiger partial charge in [-0.2, -0.15) is 18.3 Å². The molecular weight excluding hydrogens is 1510 g/mol. The maximum Gasteiger partial charge on any atom is 0.295 e. The van der Waals surface area contributed by atoms with Crippen LogP contribution in [-0.2, 0) is 28.2 Å². The highest BCUT2D eigenvalue weighted by atomic mass is 19.2. The number of hydrogen-bond acceptors (Lipinski definition) is 4. The average molecular weight is 1580 g/mol. The number of fused-ring (bicyclic) bond motifs is 24. The van der Waals surface area contributed by atoms with Gasteiger partial charge < -0.3 is 17.7 Å². The first-order chi connectivity index (χ1) is 57.7. The number of furan rings is 4. The van der Waals surface area contributed by atoms with Crippen LogP contribution in [0, 0.1) is 68.4 Å². The van der Waals surface area contributed by atoms with Gasteiger partial charge in [0, 0.05) is 108 Å². The van der Waals surface area contributed by atoms with Gasteiger partial charge >= 0.3 is 0 Å². The fraction of sp³-hybridized carbons (Fsp3) is 0.0800. The molecule has 0 amide bonds. The van der Waals surface area contributed by atoms with E-state index in [0.29, 0.717) is 60.2 Å². The summed E-state index contributed by atoms with van der Waals surface area (Å²) in [5.41, 5.74) is 19.4. The number of para-hydroxylation sites is 4. The third-order valence-corrected chi connectivity index (χ3v) is 23.3. The predicted octanol–water partition coefficient (Wildman–Crippen LogP) is 24.2. The Kier molecular flexibility index (Phi) is 16.4. The molecule has 0 saturated heterocycles. The summed E-state index contributed by atoms with van der Waals surface area (Å²) in [5.74, 6) is -3.61. The second-order valence-electron chi connectivity index (χ2n) is 30.7. The molecule has 12 aromatic heterocycles. The Balaban J connectivity index is 0.0000000984. The van der Waals surface area contributed by atoms with Gasteiger partial charge in [-0.1, -0.05) is 54.6 Å². The molecule has 24 aromatic rings. The number of nitrogens with zero attached hydrogens (tertiary/aromatic N) is 8. The molecule has 0 aliphatic carbocycles. The van der Waals surface area contributed by atoms with Crippen molar-refractivity contribution < 1.29 is 66.7 Å². The average Bonchev–Trinajstić information content (AvgIpc) is 1.60. The summed E-state index contributed by atoms with van der Waals surface area (Å²) >= 11 is 0. The van der Waals surface area contributed by atoms with Gasteiger partial charge in [-0.15, -0.1) is 0 Å². The molecule has 0 aliphatic rings. The van der Waals surface area contributed by atoms with Gasteiger partial charge in [-0.25, -0.2) is 49.0 Å². The Hall–Kier alpha value is -14.9. The Morgan fingerprint density at radius 1 is 0.235 bits per heavy atom. The quantitative estimate of drug-likeness (QED) is 0.130. The number of benzene rings is 12. The van der Waals surface area contributed by atoms with Crippen molar-refractivity contribution in [1.82, 2.24) is 18.3 Å². The molecule has 0 bridgehead atoms. The first-order valence-corrected chi connectivity index (χ1v) is 38.8. The van der Waals surface area contributed by atoms with E-state index in [2.05, 4.69) is 149 Å². The molecule has 12 aromatic carbocycles. The SMILES string of the molecule is Cc1cc(F)c2c(oc3cc(F)ccc32)c1-n1c2ccccc2c2ccc[n+](C)c21.Cc1cc2c(cc1-n1c3ccccc3c3ccc[n+](C)c31)oc1cc(F)cc(F)c12.Cc1cc2c(cc1-n1c3ccccc3c3ccc[n+](C)c31)oc1cc(F)ccc12.Cc1ccc2c(oc3cc(F)cc(F)c32)c1-n1c2ccccc2c2ccc[n+](C)c21. The van der Waals surface area contributed by atoms with Crippen LogP contribution in [0.5, 0.6) is 0 Å². The number of rotatable bonds is 4. The van der Waals surface area contributed by atoms with Crippen molar-refractivity contribution in [3.05, 3.63) is 336 Å². The fourth-order valence-corrected chi connectivity index (χ4v) is 18.2. The Labute approximate surface area is 671 Å². The van der Waals surface area contributed by atoms with Crippen molar-refractivity contribution in [3.63, 3.8) is 0 Å². The lowest BCUT2D eigenvalue weighted by atomic mass is 10.1. The van der Waals surface area contributed by atoms with Crippen molar-refractivity contribution in [3.8, 4) is 22.7 Å². The summed E-state index contributed by atoms with van der Waals surface area (Å²) in [6.45, 7) is 7.98. The van der Waals surface area contributed by atoms with Crippen LogP contribution in [0.2, 0.25) is 0 Å². The van der Waals surface area contributed by atoms with Crippen LogP contribution in [0.25, 0.3) is 198 Å². The van der Waals surface area contributed by atoms with Crippen molar-refractivity contribution in [2.24, 2.45) is 28.2 Å². The lowest BCUT2D eigenvalue weighted by Crippen LogP contribution is -2.30. The van der Waals surface area contributed by atoms with Crippen molar-refractivity contribution in [1.29, 1.82) is 0 Å². The molecule has 0 aliphatic heterocycles. The minimum absolute atomic E-state index is 0.208. The lowest BCUT2D eigenvalue weighted by Gasteiger charge is -2.07. The molecule has 0 N–H and O–H groups in total. The van der Waals surface area contributed by atoms with Crippen LogP contribution < -0.4 is 18.3 Å². The molecule has 12 heterocycles. The fourth-order valence-electron chi connectivity index (χ4n) is 18.2. The number of aromatic nitrogens is 8. The Bertz CT molecular complexity index is 8480. The zero-order valence-corrected chi connectivity index (χ0v) is 65.3. The molecule has 0 saturated carbocycles. The second-order valence-corrected chi connectivity index (χ2v) is 30.7. The predicted molar refractivity (Wildman–Crippen MR) is 456 cm³/mol.